The van der Waals surface area contributed by atoms with Crippen LogP contribution in [0.1, 0.15) is 11.1 Å². The number of thiol groups is 1. The van der Waals surface area contributed by atoms with Gasteiger partial charge in [-0.1, -0.05) is 6.07 Å². The molecule has 0 atom stereocenters. The third-order valence-electron chi connectivity index (χ3n) is 2.01. The zero-order valence-corrected chi connectivity index (χ0v) is 12.8. The first-order valence-electron chi connectivity index (χ1n) is 4.32. The van der Waals surface area contributed by atoms with Crippen LogP contribution >= 0.6 is 12.6 Å². The van der Waals surface area contributed by atoms with Gasteiger partial charge in [-0.3, -0.25) is 0 Å². The Morgan fingerprint density at radius 2 is 1.83 bits per heavy atom. The molecule has 1 nitrogen and oxygen atoms in total. The Morgan fingerprint density at radius 1 is 1.28 bits per heavy atom. The van der Waals surface area contributed by atoms with E-state index < -0.39 is 28.9 Å². The number of hydrogen-bond donors (Lipinski definition) is 1. The minimum Gasteiger partial charge on any atom is -0.686 e. The largest absolute Gasteiger partial charge is 0.686 e. The van der Waals surface area contributed by atoms with E-state index >= 15 is 0 Å². The van der Waals surface area contributed by atoms with Gasteiger partial charge in [-0.15, -0.1) is 12.7 Å². The average molecular weight is 357 g/mol. The van der Waals surface area contributed by atoms with Gasteiger partial charge in [-0.25, -0.2) is 8.78 Å². The summed E-state index contributed by atoms with van der Waals surface area (Å²) in [5.74, 6) is -3.35. The van der Waals surface area contributed by atoms with Crippen LogP contribution in [0.4, 0.5) is 22.0 Å². The molecule has 0 spiro atoms. The summed E-state index contributed by atoms with van der Waals surface area (Å²) in [6.45, 7) is 0. The summed E-state index contributed by atoms with van der Waals surface area (Å²) in [7, 11) is 1.26. The Labute approximate surface area is 131 Å². The zero-order valence-electron chi connectivity index (χ0n) is 9.09. The molecule has 0 aliphatic rings. The van der Waals surface area contributed by atoms with Crippen LogP contribution in [0.3, 0.4) is 0 Å². The van der Waals surface area contributed by atoms with Crippen LogP contribution in [-0.4, -0.2) is 7.05 Å². The predicted octanol–water partition coefficient (Wildman–Crippen LogP) is 4.21. The molecule has 97 valence electrons. The molecule has 0 amide bonds. The minimum absolute atomic E-state index is 0. The van der Waals surface area contributed by atoms with Crippen molar-refractivity contribution in [1.82, 2.24) is 0 Å². The topological polar surface area (TPSA) is 14.1 Å². The van der Waals surface area contributed by atoms with E-state index in [1.165, 1.54) is 7.05 Å². The maximum absolute atomic E-state index is 13.6. The van der Waals surface area contributed by atoms with Crippen LogP contribution in [0.15, 0.2) is 17.5 Å². The first-order chi connectivity index (χ1) is 7.82. The normalized spacial score (nSPS) is 12.1. The van der Waals surface area contributed by atoms with E-state index in [0.717, 1.165) is 11.5 Å². The maximum atomic E-state index is 13.6. The summed E-state index contributed by atoms with van der Waals surface area (Å²) in [5, 5.41) is 4.58. The number of halogens is 5. The van der Waals surface area contributed by atoms with E-state index in [1.807, 2.05) is 0 Å². The number of hydrogen-bond acceptors (Lipinski definition) is 1. The summed E-state index contributed by atoms with van der Waals surface area (Å²) in [5.41, 5.74) is -2.47. The second kappa shape index (κ2) is 6.86. The molecule has 1 radical (unpaired) electrons. The van der Waals surface area contributed by atoms with Crippen molar-refractivity contribution in [3.63, 3.8) is 0 Å². The molecule has 1 aromatic rings. The van der Waals surface area contributed by atoms with Crippen molar-refractivity contribution in [2.45, 2.75) is 6.18 Å². The van der Waals surface area contributed by atoms with Crippen molar-refractivity contribution in [1.29, 1.82) is 0 Å². The van der Waals surface area contributed by atoms with E-state index in [0.29, 0.717) is 6.07 Å². The Bertz CT molecular complexity index is 458. The van der Waals surface area contributed by atoms with Gasteiger partial charge in [0, 0.05) is 32.7 Å². The summed E-state index contributed by atoms with van der Waals surface area (Å²) in [6, 6.07) is 1.43. The molecule has 1 aromatic carbocycles. The van der Waals surface area contributed by atoms with Crippen molar-refractivity contribution < 1.29 is 54.7 Å². The third-order valence-corrected chi connectivity index (χ3v) is 2.26. The molecule has 0 aliphatic carbocycles. The van der Waals surface area contributed by atoms with Crippen molar-refractivity contribution in [3.05, 3.63) is 45.6 Å². The minimum atomic E-state index is -5.10. The fraction of sp³-hybridized carbons (Fsp3) is 0.200. The molecule has 0 aliphatic heterocycles. The second-order valence-electron chi connectivity index (χ2n) is 3.02. The number of benzene rings is 1. The quantitative estimate of drug-likeness (QED) is 0.602. The van der Waals surface area contributed by atoms with Gasteiger partial charge in [0.1, 0.15) is 17.2 Å². The van der Waals surface area contributed by atoms with Crippen molar-refractivity contribution in [2.24, 2.45) is 0 Å². The van der Waals surface area contributed by atoms with Gasteiger partial charge in [-0.05, 0) is 17.0 Å². The van der Waals surface area contributed by atoms with Gasteiger partial charge in [0.05, 0.1) is 0 Å². The Balaban J connectivity index is 0.00000289. The van der Waals surface area contributed by atoms with Crippen LogP contribution in [0.25, 0.3) is 11.0 Å². The van der Waals surface area contributed by atoms with E-state index in [4.69, 9.17) is 0 Å². The summed E-state index contributed by atoms with van der Waals surface area (Å²) >= 11 is 3.69. The maximum Gasteiger partial charge on any atom is 0.422 e. The number of rotatable bonds is 2. The molecule has 0 unspecified atom stereocenters. The van der Waals surface area contributed by atoms with Crippen LogP contribution in [0.2, 0.25) is 0 Å². The molecule has 0 saturated heterocycles. The first-order valence-corrected chi connectivity index (χ1v) is 4.84. The molecule has 1 rings (SSSR count). The van der Waals surface area contributed by atoms with Crippen molar-refractivity contribution in [3.8, 4) is 0 Å². The molecule has 18 heavy (non-hydrogen) atoms. The monoisotopic (exact) mass is 357 g/mol. The van der Waals surface area contributed by atoms with Crippen molar-refractivity contribution >= 4 is 18.3 Å². The first kappa shape index (κ1) is 17.9. The standard InChI is InChI=1S/C10H7F5NS.Y/c1-16-7(4-17)5-2-3-6(11)8(9(5)12)10(13,14)15;/h2-4,17H,1H3;/q-1;/b7-4-;. The van der Waals surface area contributed by atoms with Gasteiger partial charge in [-0.2, -0.15) is 25.8 Å². The molecular formula is C10H7F5NSY-. The molecular weight excluding hydrogens is 350 g/mol. The third kappa shape index (κ3) is 3.68. The molecule has 0 heterocycles. The van der Waals surface area contributed by atoms with Crippen LogP contribution in [-0.2, 0) is 38.9 Å². The summed E-state index contributed by atoms with van der Waals surface area (Å²) in [4.78, 5) is 0. The number of alkyl halides is 3. The molecule has 8 heteroatoms. The van der Waals surface area contributed by atoms with Gasteiger partial charge < -0.3 is 5.32 Å². The van der Waals surface area contributed by atoms with Crippen molar-refractivity contribution in [2.75, 3.05) is 7.05 Å². The predicted molar refractivity (Wildman–Crippen MR) is 57.6 cm³/mol. The van der Waals surface area contributed by atoms with E-state index in [2.05, 4.69) is 17.9 Å². The van der Waals surface area contributed by atoms with Gasteiger partial charge in [0.2, 0.25) is 0 Å². The van der Waals surface area contributed by atoms with E-state index in [-0.39, 0.29) is 38.4 Å². The Hall–Kier alpha value is -0.136. The Morgan fingerprint density at radius 3 is 2.22 bits per heavy atom. The second-order valence-corrected chi connectivity index (χ2v) is 3.28. The number of nitrogens with zero attached hydrogens (tertiary/aromatic N) is 1. The van der Waals surface area contributed by atoms with E-state index in [9.17, 15) is 22.0 Å². The smallest absolute Gasteiger partial charge is 0.422 e. The van der Waals surface area contributed by atoms with E-state index in [1.54, 1.807) is 0 Å². The van der Waals surface area contributed by atoms with Gasteiger partial charge >= 0.3 is 6.18 Å². The average Bonchev–Trinajstić information content (AvgIpc) is 2.21. The molecule has 0 aromatic heterocycles. The molecule has 0 fully saturated rings. The van der Waals surface area contributed by atoms with Gasteiger partial charge in [0.15, 0.2) is 0 Å². The fourth-order valence-corrected chi connectivity index (χ4v) is 1.51. The fourth-order valence-electron chi connectivity index (χ4n) is 1.26. The van der Waals surface area contributed by atoms with Gasteiger partial charge in [0.25, 0.3) is 0 Å². The molecule has 0 bridgehead atoms. The molecule has 0 saturated carbocycles. The zero-order chi connectivity index (χ0) is 13.2. The van der Waals surface area contributed by atoms with Crippen LogP contribution in [0.5, 0.6) is 0 Å². The van der Waals surface area contributed by atoms with Crippen LogP contribution < -0.4 is 0 Å². The Kier molecular flexibility index (Phi) is 6.81. The SMILES string of the molecule is C[N-]/C(=C\S)c1ccc(F)c(C(F)(F)F)c1F.[Y]. The summed E-state index contributed by atoms with van der Waals surface area (Å²) < 4.78 is 63.8. The summed E-state index contributed by atoms with van der Waals surface area (Å²) in [6.07, 6.45) is -5.10. The molecule has 0 N–H and O–H groups in total. The van der Waals surface area contributed by atoms with Crippen LogP contribution in [0, 0.1) is 11.6 Å².